The molecule has 42 heavy (non-hydrogen) atoms. The Kier molecular flexibility index (Phi) is 8.80. The molecule has 5 rings (SSSR count). The summed E-state index contributed by atoms with van der Waals surface area (Å²) in [4.78, 5) is 2.60. The molecule has 0 bridgehead atoms. The number of hydrogen-bond donors (Lipinski definition) is 2. The number of fused-ring (bicyclic) bond motifs is 1. The summed E-state index contributed by atoms with van der Waals surface area (Å²) >= 11 is 0. The lowest BCUT2D eigenvalue weighted by Gasteiger charge is -2.45. The minimum atomic E-state index is -0.340. The van der Waals surface area contributed by atoms with E-state index >= 15 is 0 Å². The van der Waals surface area contributed by atoms with Crippen LogP contribution in [0.25, 0.3) is 11.1 Å². The van der Waals surface area contributed by atoms with Gasteiger partial charge in [-0.05, 0) is 109 Å². The van der Waals surface area contributed by atoms with Crippen LogP contribution in [0.1, 0.15) is 61.9 Å². The SMILES string of the molecule is C=C1/C=C(\C)c2ccccc2C(C)(C)N(C/C(=C\C=C/N)C(NC)c2ccccc2)C2=C1CCC(c1ccccc1)=C2. The average Bonchev–Trinajstić information content (AvgIpc) is 3.04. The van der Waals surface area contributed by atoms with E-state index in [-0.39, 0.29) is 11.6 Å². The number of hydrogen-bond acceptors (Lipinski definition) is 3. The van der Waals surface area contributed by atoms with Crippen molar-refractivity contribution in [1.29, 1.82) is 0 Å². The van der Waals surface area contributed by atoms with Gasteiger partial charge in [-0.3, -0.25) is 0 Å². The summed E-state index contributed by atoms with van der Waals surface area (Å²) in [6, 6.07) is 30.3. The summed E-state index contributed by atoms with van der Waals surface area (Å²) in [5.74, 6) is 0. The summed E-state index contributed by atoms with van der Waals surface area (Å²) in [6.07, 6.45) is 12.4. The molecule has 0 saturated carbocycles. The van der Waals surface area contributed by atoms with Crippen LogP contribution in [0.15, 0.2) is 144 Å². The molecule has 0 saturated heterocycles. The van der Waals surface area contributed by atoms with Crippen molar-refractivity contribution in [1.82, 2.24) is 10.2 Å². The molecular weight excluding hydrogens is 510 g/mol. The molecule has 3 N–H and O–H groups in total. The Balaban J connectivity index is 1.75. The van der Waals surface area contributed by atoms with Crippen molar-refractivity contribution in [2.45, 2.75) is 45.2 Å². The van der Waals surface area contributed by atoms with E-state index in [4.69, 9.17) is 5.73 Å². The Morgan fingerprint density at radius 1 is 0.952 bits per heavy atom. The highest BCUT2D eigenvalue weighted by molar-refractivity contribution is 5.75. The van der Waals surface area contributed by atoms with Gasteiger partial charge in [0, 0.05) is 12.2 Å². The zero-order valence-electron chi connectivity index (χ0n) is 25.4. The van der Waals surface area contributed by atoms with E-state index in [2.05, 4.69) is 141 Å². The third-order valence-corrected chi connectivity index (χ3v) is 8.72. The number of allylic oxidation sites excluding steroid dienone is 8. The summed E-state index contributed by atoms with van der Waals surface area (Å²) < 4.78 is 0. The van der Waals surface area contributed by atoms with Crippen LogP contribution in [0.3, 0.4) is 0 Å². The van der Waals surface area contributed by atoms with Crippen molar-refractivity contribution >= 4 is 11.1 Å². The third kappa shape index (κ3) is 5.84. The number of nitrogens with two attached hydrogens (primary N) is 1. The molecule has 0 amide bonds. The molecule has 2 aliphatic rings. The van der Waals surface area contributed by atoms with E-state index in [9.17, 15) is 0 Å². The second-order valence-electron chi connectivity index (χ2n) is 11.7. The zero-order valence-corrected chi connectivity index (χ0v) is 25.4. The predicted octanol–water partition coefficient (Wildman–Crippen LogP) is 8.69. The lowest BCUT2D eigenvalue weighted by Crippen LogP contribution is -2.44. The molecule has 1 aliphatic carbocycles. The van der Waals surface area contributed by atoms with E-state index in [1.807, 2.05) is 13.1 Å². The van der Waals surface area contributed by atoms with Gasteiger partial charge in [0.05, 0.1) is 11.6 Å². The molecule has 0 radical (unpaired) electrons. The van der Waals surface area contributed by atoms with E-state index in [0.29, 0.717) is 6.54 Å². The van der Waals surface area contributed by atoms with Crippen molar-refractivity contribution in [3.63, 3.8) is 0 Å². The number of benzene rings is 3. The molecule has 0 fully saturated rings. The maximum absolute atomic E-state index is 5.90. The first-order valence-electron chi connectivity index (χ1n) is 14.9. The molecule has 0 aromatic heterocycles. The standard InChI is InChI=1S/C39H43N3/c1-28-25-29(2)35-23-22-32(30-15-8-6-9-16-30)26-37(35)42(39(3,4)36-21-13-12-20-34(28)36)27-33(19-14-24-40)38(41-5)31-17-10-7-11-18-31/h6-21,24-26,38,41H,2,22-23,27,40H2,1,3-5H3/b24-14-,28-25+,33-19+. The Hall–Kier alpha value is -4.34. The molecule has 1 aliphatic heterocycles. The van der Waals surface area contributed by atoms with Crippen LogP contribution in [0, 0.1) is 0 Å². The Bertz CT molecular complexity index is 1580. The van der Waals surface area contributed by atoms with Gasteiger partial charge in [0.2, 0.25) is 0 Å². The number of nitrogens with one attached hydrogen (secondary N) is 1. The first kappa shape index (κ1) is 29.2. The van der Waals surface area contributed by atoms with Crippen molar-refractivity contribution in [2.75, 3.05) is 13.6 Å². The van der Waals surface area contributed by atoms with Gasteiger partial charge in [-0.25, -0.2) is 0 Å². The highest BCUT2D eigenvalue weighted by Crippen LogP contribution is 2.45. The normalized spacial score (nSPS) is 19.2. The second-order valence-corrected chi connectivity index (χ2v) is 11.7. The molecule has 3 aromatic rings. The summed E-state index contributed by atoms with van der Waals surface area (Å²) in [5, 5.41) is 3.60. The molecule has 214 valence electrons. The fraction of sp³-hybridized carbons (Fsp3) is 0.231. The minimum Gasteiger partial charge on any atom is -0.405 e. The van der Waals surface area contributed by atoms with Crippen molar-refractivity contribution in [2.24, 2.45) is 5.73 Å². The Labute approximate surface area is 252 Å². The molecule has 1 unspecified atom stereocenters. The minimum absolute atomic E-state index is 0.0225. The smallest absolute Gasteiger partial charge is 0.0607 e. The lowest BCUT2D eigenvalue weighted by molar-refractivity contribution is 0.181. The summed E-state index contributed by atoms with van der Waals surface area (Å²) in [7, 11) is 2.03. The monoisotopic (exact) mass is 553 g/mol. The fourth-order valence-corrected chi connectivity index (χ4v) is 6.49. The van der Waals surface area contributed by atoms with Crippen LogP contribution in [0.5, 0.6) is 0 Å². The van der Waals surface area contributed by atoms with Crippen LogP contribution in [-0.2, 0) is 5.54 Å². The second kappa shape index (κ2) is 12.7. The first-order valence-corrected chi connectivity index (χ1v) is 14.9. The van der Waals surface area contributed by atoms with Gasteiger partial charge < -0.3 is 16.0 Å². The maximum Gasteiger partial charge on any atom is 0.0607 e. The van der Waals surface area contributed by atoms with E-state index in [0.717, 1.165) is 18.4 Å². The van der Waals surface area contributed by atoms with Crippen LogP contribution < -0.4 is 11.1 Å². The van der Waals surface area contributed by atoms with Crippen molar-refractivity contribution in [3.05, 3.63) is 167 Å². The van der Waals surface area contributed by atoms with Crippen molar-refractivity contribution < 1.29 is 0 Å². The molecule has 1 heterocycles. The lowest BCUT2D eigenvalue weighted by atomic mass is 9.83. The highest BCUT2D eigenvalue weighted by Gasteiger charge is 2.36. The van der Waals surface area contributed by atoms with Crippen LogP contribution in [-0.4, -0.2) is 18.5 Å². The zero-order chi connectivity index (χ0) is 29.7. The molecule has 3 nitrogen and oxygen atoms in total. The highest BCUT2D eigenvalue weighted by atomic mass is 15.2. The largest absolute Gasteiger partial charge is 0.405 e. The van der Waals surface area contributed by atoms with E-state index < -0.39 is 0 Å². The molecule has 0 spiro atoms. The van der Waals surface area contributed by atoms with Gasteiger partial charge in [0.15, 0.2) is 0 Å². The van der Waals surface area contributed by atoms with Crippen LogP contribution in [0.2, 0.25) is 0 Å². The first-order chi connectivity index (χ1) is 20.3. The van der Waals surface area contributed by atoms with Gasteiger partial charge in [-0.15, -0.1) is 0 Å². The molecule has 3 heteroatoms. The van der Waals surface area contributed by atoms with Gasteiger partial charge in [-0.2, -0.15) is 0 Å². The van der Waals surface area contributed by atoms with E-state index in [1.165, 1.54) is 50.2 Å². The predicted molar refractivity (Wildman–Crippen MR) is 179 cm³/mol. The van der Waals surface area contributed by atoms with Gasteiger partial charge >= 0.3 is 0 Å². The van der Waals surface area contributed by atoms with Gasteiger partial charge in [-0.1, -0.05) is 104 Å². The van der Waals surface area contributed by atoms with Crippen molar-refractivity contribution in [3.8, 4) is 0 Å². The third-order valence-electron chi connectivity index (χ3n) is 8.72. The number of nitrogens with zero attached hydrogens (tertiary/aromatic N) is 1. The molecular formula is C39H43N3. The Morgan fingerprint density at radius 3 is 2.31 bits per heavy atom. The number of likely N-dealkylation sites (N-methyl/N-ethyl adjacent to an activating group) is 1. The maximum atomic E-state index is 5.90. The average molecular weight is 554 g/mol. The number of rotatable bonds is 7. The van der Waals surface area contributed by atoms with Crippen LogP contribution >= 0.6 is 0 Å². The fourth-order valence-electron chi connectivity index (χ4n) is 6.49. The topological polar surface area (TPSA) is 41.3 Å². The quantitative estimate of drug-likeness (QED) is 0.288. The summed E-state index contributed by atoms with van der Waals surface area (Å²) in [6.45, 7) is 12.3. The van der Waals surface area contributed by atoms with E-state index in [1.54, 1.807) is 6.20 Å². The molecule has 3 aromatic carbocycles. The summed E-state index contributed by atoms with van der Waals surface area (Å²) in [5.41, 5.74) is 18.1. The Morgan fingerprint density at radius 2 is 1.62 bits per heavy atom. The van der Waals surface area contributed by atoms with Gasteiger partial charge in [0.25, 0.3) is 0 Å². The van der Waals surface area contributed by atoms with Gasteiger partial charge in [0.1, 0.15) is 0 Å². The van der Waals surface area contributed by atoms with Crippen LogP contribution in [0.4, 0.5) is 0 Å². The molecule has 1 atom stereocenters.